The molecule has 0 aliphatic heterocycles. The predicted molar refractivity (Wildman–Crippen MR) is 81.8 cm³/mol. The number of carbonyl (C=O) groups excluding carboxylic acids is 1. The van der Waals surface area contributed by atoms with Gasteiger partial charge in [-0.15, -0.1) is 11.3 Å². The van der Waals surface area contributed by atoms with E-state index in [9.17, 15) is 9.00 Å². The van der Waals surface area contributed by atoms with Crippen molar-refractivity contribution in [3.05, 3.63) is 49.5 Å². The number of hydrogen-bond donors (Lipinski definition) is 0. The highest BCUT2D eigenvalue weighted by Crippen LogP contribution is 2.23. The molecule has 0 spiro atoms. The molecule has 0 saturated carbocycles. The zero-order valence-electron chi connectivity index (χ0n) is 9.06. The van der Waals surface area contributed by atoms with Crippen LogP contribution in [0.15, 0.2) is 49.6 Å². The summed E-state index contributed by atoms with van der Waals surface area (Å²) in [5, 5.41) is 0. The Hall–Kier alpha value is -0.300. The summed E-state index contributed by atoms with van der Waals surface area (Å²) in [6.45, 7) is 0. The van der Waals surface area contributed by atoms with Crippen LogP contribution in [0.2, 0.25) is 0 Å². The van der Waals surface area contributed by atoms with Crippen molar-refractivity contribution in [3.8, 4) is 0 Å². The summed E-state index contributed by atoms with van der Waals surface area (Å²) in [6, 6.07) is 10.8. The predicted octanol–water partition coefficient (Wildman–Crippen LogP) is 4.26. The molecule has 0 aliphatic carbocycles. The maximum atomic E-state index is 12.0. The number of halogens is 2. The average molecular weight is 408 g/mol. The van der Waals surface area contributed by atoms with Crippen LogP contribution < -0.4 is 0 Å². The smallest absolute Gasteiger partial charge is 0.185 e. The van der Waals surface area contributed by atoms with Crippen molar-refractivity contribution in [1.29, 1.82) is 0 Å². The number of carbonyl (C=O) groups is 1. The van der Waals surface area contributed by atoms with E-state index in [2.05, 4.69) is 31.9 Å². The molecule has 2 aromatic rings. The summed E-state index contributed by atoms with van der Waals surface area (Å²) in [4.78, 5) is 13.2. The van der Waals surface area contributed by atoms with Gasteiger partial charge in [0.05, 0.1) is 25.2 Å². The molecule has 2 rings (SSSR count). The van der Waals surface area contributed by atoms with Gasteiger partial charge in [-0.1, -0.05) is 22.0 Å². The van der Waals surface area contributed by atoms with Crippen LogP contribution >= 0.6 is 43.2 Å². The minimum Gasteiger partial charge on any atom is -0.292 e. The molecule has 2 nitrogen and oxygen atoms in total. The molecule has 1 unspecified atom stereocenters. The molecular formula is C12H8Br2O2S2. The lowest BCUT2D eigenvalue weighted by Crippen LogP contribution is -2.09. The van der Waals surface area contributed by atoms with Crippen molar-refractivity contribution in [2.75, 3.05) is 5.75 Å². The summed E-state index contributed by atoms with van der Waals surface area (Å²) in [5.41, 5.74) is 0. The summed E-state index contributed by atoms with van der Waals surface area (Å²) >= 11 is 7.99. The van der Waals surface area contributed by atoms with E-state index in [1.54, 1.807) is 18.2 Å². The molecule has 1 aromatic carbocycles. The molecule has 0 saturated heterocycles. The molecule has 0 radical (unpaired) electrons. The standard InChI is InChI=1S/C12H8Br2O2S2/c13-8-2-1-3-9(6-8)18(16)7-10(15)11-4-5-12(14)17-11/h1-6H,7H2. The van der Waals surface area contributed by atoms with Gasteiger partial charge in [0.15, 0.2) is 5.78 Å². The molecule has 0 aliphatic rings. The Labute approximate surface area is 128 Å². The van der Waals surface area contributed by atoms with Crippen molar-refractivity contribution in [2.45, 2.75) is 4.90 Å². The minimum atomic E-state index is -1.30. The van der Waals surface area contributed by atoms with Gasteiger partial charge in [-0.25, -0.2) is 0 Å². The lowest BCUT2D eigenvalue weighted by atomic mass is 10.3. The second-order valence-electron chi connectivity index (χ2n) is 3.47. The maximum absolute atomic E-state index is 12.0. The van der Waals surface area contributed by atoms with E-state index in [4.69, 9.17) is 0 Å². The Balaban J connectivity index is 2.10. The molecular weight excluding hydrogens is 400 g/mol. The minimum absolute atomic E-state index is 0.0173. The fourth-order valence-corrected chi connectivity index (χ4v) is 4.36. The first-order valence-electron chi connectivity index (χ1n) is 4.99. The highest BCUT2D eigenvalue weighted by atomic mass is 79.9. The van der Waals surface area contributed by atoms with E-state index in [1.165, 1.54) is 11.3 Å². The molecule has 0 N–H and O–H groups in total. The van der Waals surface area contributed by atoms with E-state index in [0.717, 1.165) is 8.26 Å². The van der Waals surface area contributed by atoms with Crippen molar-refractivity contribution < 1.29 is 9.00 Å². The first-order chi connectivity index (χ1) is 8.56. The van der Waals surface area contributed by atoms with Gasteiger partial charge in [0.1, 0.15) is 0 Å². The second-order valence-corrected chi connectivity index (χ2v) is 8.30. The van der Waals surface area contributed by atoms with Crippen LogP contribution in [0.3, 0.4) is 0 Å². The van der Waals surface area contributed by atoms with Crippen LogP contribution in [0.1, 0.15) is 9.67 Å². The Kier molecular flexibility index (Phi) is 4.89. The molecule has 6 heteroatoms. The molecule has 1 aromatic heterocycles. The SMILES string of the molecule is O=C(CS(=O)c1cccc(Br)c1)c1ccc(Br)s1. The molecule has 0 fully saturated rings. The topological polar surface area (TPSA) is 34.1 Å². The third-order valence-corrected chi connectivity index (χ3v) is 5.63. The normalized spacial score (nSPS) is 12.3. The fourth-order valence-electron chi connectivity index (χ4n) is 1.35. The molecule has 1 heterocycles. The van der Waals surface area contributed by atoms with Gasteiger partial charge in [0.25, 0.3) is 0 Å². The second kappa shape index (κ2) is 6.23. The van der Waals surface area contributed by atoms with Gasteiger partial charge < -0.3 is 0 Å². The third-order valence-electron chi connectivity index (χ3n) is 2.17. The monoisotopic (exact) mass is 406 g/mol. The van der Waals surface area contributed by atoms with Gasteiger partial charge in [-0.2, -0.15) is 0 Å². The van der Waals surface area contributed by atoms with Crippen LogP contribution in [-0.4, -0.2) is 15.7 Å². The van der Waals surface area contributed by atoms with Crippen molar-refractivity contribution in [1.82, 2.24) is 0 Å². The number of rotatable bonds is 4. The zero-order valence-corrected chi connectivity index (χ0v) is 13.9. The lowest BCUT2D eigenvalue weighted by molar-refractivity contribution is 0.102. The van der Waals surface area contributed by atoms with Crippen molar-refractivity contribution in [2.24, 2.45) is 0 Å². The van der Waals surface area contributed by atoms with Crippen LogP contribution in [0.4, 0.5) is 0 Å². The first-order valence-corrected chi connectivity index (χ1v) is 8.71. The number of Topliss-reactive ketones (excluding diaryl/α,β-unsaturated/α-hetero) is 1. The maximum Gasteiger partial charge on any atom is 0.185 e. The van der Waals surface area contributed by atoms with Gasteiger partial charge in [-0.05, 0) is 46.3 Å². The summed E-state index contributed by atoms with van der Waals surface area (Å²) in [6.07, 6.45) is 0. The molecule has 18 heavy (non-hydrogen) atoms. The highest BCUT2D eigenvalue weighted by molar-refractivity contribution is 9.11. The Bertz CT molecular complexity index is 608. The molecule has 0 bridgehead atoms. The van der Waals surface area contributed by atoms with E-state index in [1.807, 2.05) is 18.2 Å². The van der Waals surface area contributed by atoms with E-state index >= 15 is 0 Å². The Morgan fingerprint density at radius 2 is 2.00 bits per heavy atom. The van der Waals surface area contributed by atoms with Gasteiger partial charge in [-0.3, -0.25) is 9.00 Å². The number of ketones is 1. The van der Waals surface area contributed by atoms with E-state index in [-0.39, 0.29) is 11.5 Å². The number of thiophene rings is 1. The lowest BCUT2D eigenvalue weighted by Gasteiger charge is -2.01. The third kappa shape index (κ3) is 3.60. The number of benzene rings is 1. The van der Waals surface area contributed by atoms with Gasteiger partial charge in [0, 0.05) is 9.37 Å². The van der Waals surface area contributed by atoms with Crippen LogP contribution in [0, 0.1) is 0 Å². The van der Waals surface area contributed by atoms with Crippen LogP contribution in [0.25, 0.3) is 0 Å². The van der Waals surface area contributed by atoms with Crippen LogP contribution in [0.5, 0.6) is 0 Å². The van der Waals surface area contributed by atoms with Gasteiger partial charge >= 0.3 is 0 Å². The Morgan fingerprint density at radius 3 is 2.61 bits per heavy atom. The van der Waals surface area contributed by atoms with Crippen molar-refractivity contribution in [3.63, 3.8) is 0 Å². The largest absolute Gasteiger partial charge is 0.292 e. The Morgan fingerprint density at radius 1 is 1.22 bits per heavy atom. The fraction of sp³-hybridized carbons (Fsp3) is 0.0833. The number of hydrogen-bond acceptors (Lipinski definition) is 3. The van der Waals surface area contributed by atoms with Gasteiger partial charge in [0.2, 0.25) is 0 Å². The summed E-state index contributed by atoms with van der Waals surface area (Å²) < 4.78 is 13.8. The molecule has 0 amide bonds. The van der Waals surface area contributed by atoms with Crippen molar-refractivity contribution >= 4 is 59.8 Å². The van der Waals surface area contributed by atoms with E-state index in [0.29, 0.717) is 9.77 Å². The molecule has 1 atom stereocenters. The summed E-state index contributed by atoms with van der Waals surface area (Å²) in [7, 11) is -1.30. The van der Waals surface area contributed by atoms with Crippen LogP contribution in [-0.2, 0) is 10.8 Å². The average Bonchev–Trinajstić information content (AvgIpc) is 2.76. The highest BCUT2D eigenvalue weighted by Gasteiger charge is 2.14. The zero-order chi connectivity index (χ0) is 13.1. The first kappa shape index (κ1) is 14.1. The molecule has 94 valence electrons. The quantitative estimate of drug-likeness (QED) is 0.709. The summed E-state index contributed by atoms with van der Waals surface area (Å²) in [5.74, 6) is -0.0762. The van der Waals surface area contributed by atoms with E-state index < -0.39 is 10.8 Å².